The molecule has 0 nitrogen and oxygen atoms in total. The topological polar surface area (TPSA) is 0 Å². The molecule has 166 valence electrons. The van der Waals surface area contributed by atoms with Gasteiger partial charge in [0, 0.05) is 0 Å². The minimum Gasteiger partial charge on any atom is -0.239 e. The summed E-state index contributed by atoms with van der Waals surface area (Å²) in [5, 5.41) is 2.41. The predicted octanol–water partition coefficient (Wildman–Crippen LogP) is 9.36. The molecule has 0 fully saturated rings. The highest BCUT2D eigenvalue weighted by Gasteiger charge is 2.31. The van der Waals surface area contributed by atoms with Crippen molar-refractivity contribution in [3.63, 3.8) is 0 Å². The molecule has 1 atom stereocenters. The van der Waals surface area contributed by atoms with Crippen LogP contribution in [0.2, 0.25) is 0 Å². The van der Waals surface area contributed by atoms with E-state index in [0.29, 0.717) is 6.42 Å². The van der Waals surface area contributed by atoms with Crippen LogP contribution in [-0.4, -0.2) is 0 Å². The molecule has 0 amide bonds. The summed E-state index contributed by atoms with van der Waals surface area (Å²) in [6.45, 7) is 1.73. The highest BCUT2D eigenvalue weighted by molar-refractivity contribution is 6.06. The molecule has 0 spiro atoms. The number of alkyl halides is 1. The van der Waals surface area contributed by atoms with Gasteiger partial charge in [0.2, 0.25) is 0 Å². The van der Waals surface area contributed by atoms with Gasteiger partial charge in [0.1, 0.15) is 5.67 Å². The van der Waals surface area contributed by atoms with Gasteiger partial charge in [-0.25, -0.2) is 4.39 Å². The number of rotatable bonds is 3. The molecule has 5 aromatic carbocycles. The van der Waals surface area contributed by atoms with Crippen LogP contribution in [0.15, 0.2) is 109 Å². The molecule has 0 saturated heterocycles. The minimum absolute atomic E-state index is 0.597. The van der Waals surface area contributed by atoms with E-state index in [1.807, 2.05) is 0 Å². The van der Waals surface area contributed by atoms with Gasteiger partial charge in [-0.15, -0.1) is 0 Å². The fourth-order valence-corrected chi connectivity index (χ4v) is 5.58. The average Bonchev–Trinajstić information content (AvgIpc) is 2.88. The van der Waals surface area contributed by atoms with Gasteiger partial charge < -0.3 is 0 Å². The fourth-order valence-electron chi connectivity index (χ4n) is 5.58. The number of hydrogen-bond donors (Lipinski definition) is 0. The molecule has 1 unspecified atom stereocenters. The number of halogens is 1. The van der Waals surface area contributed by atoms with Crippen LogP contribution in [0.4, 0.5) is 4.39 Å². The Labute approximate surface area is 200 Å². The molecule has 6 rings (SSSR count). The smallest absolute Gasteiger partial charge is 0.133 e. The van der Waals surface area contributed by atoms with E-state index >= 15 is 4.39 Å². The SMILES string of the molecule is CC1(F)CCCc2ccc(-c3cccc4c(-c5ccccc5-c5ccccc5)cccc34)cc21. The van der Waals surface area contributed by atoms with Crippen LogP contribution in [-0.2, 0) is 12.1 Å². The summed E-state index contributed by atoms with van der Waals surface area (Å²) in [7, 11) is 0. The van der Waals surface area contributed by atoms with Crippen molar-refractivity contribution < 1.29 is 4.39 Å². The van der Waals surface area contributed by atoms with Crippen LogP contribution in [0.1, 0.15) is 30.9 Å². The zero-order chi connectivity index (χ0) is 23.1. The highest BCUT2D eigenvalue weighted by Crippen LogP contribution is 2.42. The van der Waals surface area contributed by atoms with Crippen molar-refractivity contribution in [3.8, 4) is 33.4 Å². The summed E-state index contributed by atoms with van der Waals surface area (Å²) in [4.78, 5) is 0. The maximum atomic E-state index is 15.4. The number of aryl methyl sites for hydroxylation is 1. The third-order valence-corrected chi connectivity index (χ3v) is 7.30. The Morgan fingerprint density at radius 1 is 0.588 bits per heavy atom. The molecule has 0 N–H and O–H groups in total. The van der Waals surface area contributed by atoms with Gasteiger partial charge in [0.15, 0.2) is 0 Å². The molecule has 5 aromatic rings. The standard InChI is InChI=1S/C33H27F/c1-33(34)21-9-12-24-19-20-25(22-32(24)33)27-15-7-17-31-29(27)16-8-18-30(31)28-14-6-5-13-26(28)23-10-3-2-4-11-23/h2-8,10-11,13-20,22H,9,12,21H2,1H3. The molecule has 0 bridgehead atoms. The molecule has 0 aliphatic heterocycles. The first-order chi connectivity index (χ1) is 16.6. The third-order valence-electron chi connectivity index (χ3n) is 7.30. The van der Waals surface area contributed by atoms with Crippen LogP contribution < -0.4 is 0 Å². The van der Waals surface area contributed by atoms with Gasteiger partial charge in [-0.1, -0.05) is 103 Å². The molecule has 0 aromatic heterocycles. The molecule has 0 heterocycles. The van der Waals surface area contributed by atoms with Gasteiger partial charge in [-0.05, 0) is 87.5 Å². The quantitative estimate of drug-likeness (QED) is 0.261. The normalized spacial score (nSPS) is 17.5. The van der Waals surface area contributed by atoms with Gasteiger partial charge in [0.05, 0.1) is 0 Å². The van der Waals surface area contributed by atoms with Crippen molar-refractivity contribution in [2.24, 2.45) is 0 Å². The highest BCUT2D eigenvalue weighted by atomic mass is 19.1. The summed E-state index contributed by atoms with van der Waals surface area (Å²) < 4.78 is 15.4. The Kier molecular flexibility index (Phi) is 5.07. The Balaban J connectivity index is 1.54. The van der Waals surface area contributed by atoms with E-state index < -0.39 is 5.67 Å². The van der Waals surface area contributed by atoms with Crippen molar-refractivity contribution in [2.45, 2.75) is 31.9 Å². The lowest BCUT2D eigenvalue weighted by atomic mass is 9.80. The average molecular weight is 443 g/mol. The second kappa shape index (κ2) is 8.25. The Morgan fingerprint density at radius 2 is 1.24 bits per heavy atom. The molecular formula is C33H27F. The first-order valence-corrected chi connectivity index (χ1v) is 12.1. The van der Waals surface area contributed by atoms with E-state index in [-0.39, 0.29) is 0 Å². The van der Waals surface area contributed by atoms with E-state index in [1.165, 1.54) is 33.0 Å². The van der Waals surface area contributed by atoms with Gasteiger partial charge in [-0.3, -0.25) is 0 Å². The maximum Gasteiger partial charge on any atom is 0.133 e. The first kappa shape index (κ1) is 20.9. The zero-order valence-corrected chi connectivity index (χ0v) is 19.4. The van der Waals surface area contributed by atoms with Gasteiger partial charge in [0.25, 0.3) is 0 Å². The minimum atomic E-state index is -1.26. The molecule has 1 aliphatic carbocycles. The second-order valence-corrected chi connectivity index (χ2v) is 9.54. The number of fused-ring (bicyclic) bond motifs is 2. The molecular weight excluding hydrogens is 415 g/mol. The van der Waals surface area contributed by atoms with Gasteiger partial charge in [-0.2, -0.15) is 0 Å². The Bertz CT molecular complexity index is 1490. The Morgan fingerprint density at radius 3 is 2.03 bits per heavy atom. The summed E-state index contributed by atoms with van der Waals surface area (Å²) in [6.07, 6.45) is 2.47. The molecule has 34 heavy (non-hydrogen) atoms. The van der Waals surface area contributed by atoms with Crippen molar-refractivity contribution in [3.05, 3.63) is 120 Å². The molecule has 0 saturated carbocycles. The van der Waals surface area contributed by atoms with E-state index in [1.54, 1.807) is 6.92 Å². The van der Waals surface area contributed by atoms with Crippen molar-refractivity contribution in [1.29, 1.82) is 0 Å². The van der Waals surface area contributed by atoms with E-state index in [4.69, 9.17) is 0 Å². The third kappa shape index (κ3) is 3.53. The Hall–Kier alpha value is -3.71. The predicted molar refractivity (Wildman–Crippen MR) is 142 cm³/mol. The zero-order valence-electron chi connectivity index (χ0n) is 19.4. The summed E-state index contributed by atoms with van der Waals surface area (Å²) >= 11 is 0. The van der Waals surface area contributed by atoms with Crippen LogP contribution in [0.5, 0.6) is 0 Å². The lowest BCUT2D eigenvalue weighted by Crippen LogP contribution is -2.22. The summed E-state index contributed by atoms with van der Waals surface area (Å²) in [5.41, 5.74) is 7.87. The van der Waals surface area contributed by atoms with Crippen molar-refractivity contribution in [1.82, 2.24) is 0 Å². The van der Waals surface area contributed by atoms with Crippen LogP contribution in [0.25, 0.3) is 44.2 Å². The largest absolute Gasteiger partial charge is 0.239 e. The van der Waals surface area contributed by atoms with Crippen molar-refractivity contribution >= 4 is 10.8 Å². The van der Waals surface area contributed by atoms with Crippen LogP contribution in [0.3, 0.4) is 0 Å². The lowest BCUT2D eigenvalue weighted by Gasteiger charge is -2.29. The molecule has 0 radical (unpaired) electrons. The number of hydrogen-bond acceptors (Lipinski definition) is 0. The van der Waals surface area contributed by atoms with E-state index in [2.05, 4.69) is 109 Å². The maximum absolute atomic E-state index is 15.4. The fraction of sp³-hybridized carbons (Fsp3) is 0.152. The first-order valence-electron chi connectivity index (χ1n) is 12.1. The van der Waals surface area contributed by atoms with Gasteiger partial charge >= 0.3 is 0 Å². The van der Waals surface area contributed by atoms with E-state index in [0.717, 1.165) is 35.1 Å². The summed E-state index contributed by atoms with van der Waals surface area (Å²) in [6, 6.07) is 38.6. The summed E-state index contributed by atoms with van der Waals surface area (Å²) in [5.74, 6) is 0. The van der Waals surface area contributed by atoms with Crippen LogP contribution in [0, 0.1) is 0 Å². The molecule has 1 aliphatic rings. The monoisotopic (exact) mass is 442 g/mol. The number of benzene rings is 5. The van der Waals surface area contributed by atoms with Crippen LogP contribution >= 0.6 is 0 Å². The second-order valence-electron chi connectivity index (χ2n) is 9.54. The van der Waals surface area contributed by atoms with E-state index in [9.17, 15) is 0 Å². The molecule has 1 heteroatoms. The lowest BCUT2D eigenvalue weighted by molar-refractivity contribution is 0.162. The van der Waals surface area contributed by atoms with Crippen molar-refractivity contribution in [2.75, 3.05) is 0 Å².